The molecule has 1 saturated heterocycles. The van der Waals surface area contributed by atoms with Gasteiger partial charge in [-0.05, 0) is 44.2 Å². The lowest BCUT2D eigenvalue weighted by Crippen LogP contribution is -2.34. The van der Waals surface area contributed by atoms with E-state index < -0.39 is 0 Å². The van der Waals surface area contributed by atoms with Crippen LogP contribution in [0.2, 0.25) is 0 Å². The van der Waals surface area contributed by atoms with E-state index in [0.717, 1.165) is 56.2 Å². The van der Waals surface area contributed by atoms with Gasteiger partial charge in [0.15, 0.2) is 0 Å². The van der Waals surface area contributed by atoms with Crippen molar-refractivity contribution in [2.45, 2.75) is 39.2 Å². The first-order valence-electron chi connectivity index (χ1n) is 9.72. The molecule has 7 nitrogen and oxygen atoms in total. The Morgan fingerprint density at radius 1 is 1.22 bits per heavy atom. The number of amides is 1. The minimum atomic E-state index is 0.106. The van der Waals surface area contributed by atoms with Gasteiger partial charge in [-0.1, -0.05) is 6.07 Å². The Balaban J connectivity index is 1.38. The highest BCUT2D eigenvalue weighted by Crippen LogP contribution is 2.25. The molecule has 0 aromatic carbocycles. The summed E-state index contributed by atoms with van der Waals surface area (Å²) < 4.78 is 0. The van der Waals surface area contributed by atoms with Crippen LogP contribution in [-0.4, -0.2) is 40.5 Å². The predicted molar refractivity (Wildman–Crippen MR) is 106 cm³/mol. The SMILES string of the molecule is CCNc1cc(N2CCC(CCC(=O)NCc3ccccn3)CC2)ncn1. The summed E-state index contributed by atoms with van der Waals surface area (Å²) in [4.78, 5) is 27.2. The Kier molecular flexibility index (Phi) is 6.96. The van der Waals surface area contributed by atoms with Crippen molar-refractivity contribution in [2.75, 3.05) is 29.9 Å². The van der Waals surface area contributed by atoms with E-state index in [-0.39, 0.29) is 5.91 Å². The Morgan fingerprint density at radius 2 is 2.07 bits per heavy atom. The number of nitrogens with one attached hydrogen (secondary N) is 2. The van der Waals surface area contributed by atoms with E-state index in [0.29, 0.717) is 18.9 Å². The quantitative estimate of drug-likeness (QED) is 0.745. The normalized spacial score (nSPS) is 14.8. The van der Waals surface area contributed by atoms with Crippen LogP contribution in [0.4, 0.5) is 11.6 Å². The van der Waals surface area contributed by atoms with Crippen LogP contribution in [0, 0.1) is 5.92 Å². The van der Waals surface area contributed by atoms with Crippen LogP contribution in [0.3, 0.4) is 0 Å². The summed E-state index contributed by atoms with van der Waals surface area (Å²) in [5.41, 5.74) is 0.890. The zero-order valence-electron chi connectivity index (χ0n) is 15.9. The molecule has 2 N–H and O–H groups in total. The van der Waals surface area contributed by atoms with E-state index in [1.165, 1.54) is 0 Å². The molecule has 2 aromatic heterocycles. The first-order valence-corrected chi connectivity index (χ1v) is 9.72. The molecule has 0 spiro atoms. The maximum Gasteiger partial charge on any atom is 0.220 e. The maximum absolute atomic E-state index is 12.1. The Hall–Kier alpha value is -2.70. The summed E-state index contributed by atoms with van der Waals surface area (Å²) >= 11 is 0. The fourth-order valence-electron chi connectivity index (χ4n) is 3.36. The predicted octanol–water partition coefficient (Wildman–Crippen LogP) is 2.62. The van der Waals surface area contributed by atoms with E-state index >= 15 is 0 Å². The summed E-state index contributed by atoms with van der Waals surface area (Å²) in [6, 6.07) is 7.74. The molecular weight excluding hydrogens is 340 g/mol. The second-order valence-corrected chi connectivity index (χ2v) is 6.86. The first kappa shape index (κ1) is 19.1. The molecule has 1 aliphatic heterocycles. The number of carbonyl (C=O) groups is 1. The molecule has 1 fully saturated rings. The van der Waals surface area contributed by atoms with E-state index in [1.54, 1.807) is 12.5 Å². The molecule has 0 atom stereocenters. The number of aromatic nitrogens is 3. The van der Waals surface area contributed by atoms with Crippen molar-refractivity contribution in [2.24, 2.45) is 5.92 Å². The van der Waals surface area contributed by atoms with Crippen molar-refractivity contribution in [1.29, 1.82) is 0 Å². The van der Waals surface area contributed by atoms with Crippen molar-refractivity contribution in [1.82, 2.24) is 20.3 Å². The minimum absolute atomic E-state index is 0.106. The van der Waals surface area contributed by atoms with Crippen LogP contribution >= 0.6 is 0 Å². The lowest BCUT2D eigenvalue weighted by atomic mass is 9.92. The number of nitrogens with zero attached hydrogens (tertiary/aromatic N) is 4. The van der Waals surface area contributed by atoms with E-state index in [2.05, 4.69) is 37.4 Å². The smallest absolute Gasteiger partial charge is 0.220 e. The molecule has 144 valence electrons. The third-order valence-corrected chi connectivity index (χ3v) is 4.92. The largest absolute Gasteiger partial charge is 0.370 e. The highest BCUT2D eigenvalue weighted by molar-refractivity contribution is 5.75. The fourth-order valence-corrected chi connectivity index (χ4v) is 3.36. The zero-order chi connectivity index (χ0) is 18.9. The third-order valence-electron chi connectivity index (χ3n) is 4.92. The van der Waals surface area contributed by atoms with Crippen molar-refractivity contribution >= 4 is 17.5 Å². The first-order chi connectivity index (χ1) is 13.2. The zero-order valence-corrected chi connectivity index (χ0v) is 15.9. The molecule has 1 aliphatic rings. The van der Waals surface area contributed by atoms with Crippen molar-refractivity contribution < 1.29 is 4.79 Å². The summed E-state index contributed by atoms with van der Waals surface area (Å²) in [5.74, 6) is 2.55. The highest BCUT2D eigenvalue weighted by Gasteiger charge is 2.21. The number of piperidine rings is 1. The molecule has 3 heterocycles. The Morgan fingerprint density at radius 3 is 2.81 bits per heavy atom. The van der Waals surface area contributed by atoms with Gasteiger partial charge in [-0.15, -0.1) is 0 Å². The third kappa shape index (κ3) is 5.91. The molecule has 0 aliphatic carbocycles. The van der Waals surface area contributed by atoms with Gasteiger partial charge >= 0.3 is 0 Å². The van der Waals surface area contributed by atoms with E-state index in [1.807, 2.05) is 24.3 Å². The molecule has 1 amide bonds. The van der Waals surface area contributed by atoms with Crippen LogP contribution in [0.5, 0.6) is 0 Å². The topological polar surface area (TPSA) is 83.0 Å². The van der Waals surface area contributed by atoms with Crippen LogP contribution in [0.1, 0.15) is 38.3 Å². The molecule has 0 unspecified atom stereocenters. The van der Waals surface area contributed by atoms with Crippen molar-refractivity contribution in [3.05, 3.63) is 42.5 Å². The molecule has 0 bridgehead atoms. The Labute approximate surface area is 160 Å². The van der Waals surface area contributed by atoms with Crippen LogP contribution in [0.15, 0.2) is 36.8 Å². The molecule has 0 radical (unpaired) electrons. The van der Waals surface area contributed by atoms with Gasteiger partial charge in [0, 0.05) is 38.3 Å². The molecule has 3 rings (SSSR count). The van der Waals surface area contributed by atoms with Gasteiger partial charge in [-0.25, -0.2) is 9.97 Å². The van der Waals surface area contributed by atoms with Crippen molar-refractivity contribution in [3.63, 3.8) is 0 Å². The van der Waals surface area contributed by atoms with E-state index in [9.17, 15) is 4.79 Å². The molecule has 27 heavy (non-hydrogen) atoms. The summed E-state index contributed by atoms with van der Waals surface area (Å²) in [6.07, 6.45) is 7.06. The van der Waals surface area contributed by atoms with E-state index in [4.69, 9.17) is 0 Å². The standard InChI is InChI=1S/C20H28N6O/c1-2-21-18-13-19(25-15-24-18)26-11-8-16(9-12-26)6-7-20(27)23-14-17-5-3-4-10-22-17/h3-5,10,13,15-16H,2,6-9,11-12,14H2,1H3,(H,23,27)(H,21,24,25). The second-order valence-electron chi connectivity index (χ2n) is 6.86. The lowest BCUT2D eigenvalue weighted by molar-refractivity contribution is -0.121. The number of anilines is 2. The average molecular weight is 368 g/mol. The minimum Gasteiger partial charge on any atom is -0.370 e. The summed E-state index contributed by atoms with van der Waals surface area (Å²) in [5, 5.41) is 6.18. The molecule has 0 saturated carbocycles. The summed E-state index contributed by atoms with van der Waals surface area (Å²) in [6.45, 7) is 5.35. The maximum atomic E-state index is 12.1. The van der Waals surface area contributed by atoms with Crippen molar-refractivity contribution in [3.8, 4) is 0 Å². The average Bonchev–Trinajstić information content (AvgIpc) is 2.72. The second kappa shape index (κ2) is 9.85. The number of carbonyl (C=O) groups excluding carboxylic acids is 1. The van der Waals surface area contributed by atoms with Gasteiger partial charge in [0.25, 0.3) is 0 Å². The van der Waals surface area contributed by atoms with Gasteiger partial charge < -0.3 is 15.5 Å². The number of pyridine rings is 1. The number of hydrogen-bond donors (Lipinski definition) is 2. The molecular formula is C20H28N6O. The number of rotatable bonds is 8. The monoisotopic (exact) mass is 368 g/mol. The van der Waals surface area contributed by atoms with Crippen LogP contribution < -0.4 is 15.5 Å². The van der Waals surface area contributed by atoms with Crippen LogP contribution in [0.25, 0.3) is 0 Å². The fraction of sp³-hybridized carbons (Fsp3) is 0.500. The van der Waals surface area contributed by atoms with Gasteiger partial charge in [-0.3, -0.25) is 9.78 Å². The number of hydrogen-bond acceptors (Lipinski definition) is 6. The molecule has 7 heteroatoms. The van der Waals surface area contributed by atoms with Gasteiger partial charge in [0.05, 0.1) is 12.2 Å². The van der Waals surface area contributed by atoms with Gasteiger partial charge in [0.2, 0.25) is 5.91 Å². The highest BCUT2D eigenvalue weighted by atomic mass is 16.1. The van der Waals surface area contributed by atoms with Gasteiger partial charge in [-0.2, -0.15) is 0 Å². The lowest BCUT2D eigenvalue weighted by Gasteiger charge is -2.32. The summed E-state index contributed by atoms with van der Waals surface area (Å²) in [7, 11) is 0. The Bertz CT molecular complexity index is 715. The molecule has 2 aromatic rings. The van der Waals surface area contributed by atoms with Crippen LogP contribution in [-0.2, 0) is 11.3 Å². The van der Waals surface area contributed by atoms with Gasteiger partial charge in [0.1, 0.15) is 18.0 Å².